The first kappa shape index (κ1) is 18.8. The lowest BCUT2D eigenvalue weighted by Gasteiger charge is -2.15. The Hall–Kier alpha value is -1.98. The summed E-state index contributed by atoms with van der Waals surface area (Å²) in [5.74, 6) is 1.58. The van der Waals surface area contributed by atoms with E-state index in [1.54, 1.807) is 7.11 Å². The molecule has 0 saturated carbocycles. The molecular formula is C20H26ClN3O2. The number of methoxy groups -OCH3 is 1. The summed E-state index contributed by atoms with van der Waals surface area (Å²) in [7, 11) is 1.69. The van der Waals surface area contributed by atoms with E-state index in [4.69, 9.17) is 9.47 Å². The van der Waals surface area contributed by atoms with Gasteiger partial charge in [-0.1, -0.05) is 0 Å². The molecule has 1 saturated heterocycles. The van der Waals surface area contributed by atoms with Crippen LogP contribution in [-0.4, -0.2) is 48.2 Å². The number of aromatic nitrogens is 2. The molecule has 140 valence electrons. The van der Waals surface area contributed by atoms with E-state index in [2.05, 4.69) is 20.9 Å². The number of nitrogens with zero attached hydrogens (tertiary/aromatic N) is 2. The molecule has 1 N–H and O–H groups in total. The Labute approximate surface area is 160 Å². The van der Waals surface area contributed by atoms with Crippen LogP contribution in [0.4, 0.5) is 0 Å². The molecule has 0 atom stereocenters. The number of nitrogens with one attached hydrogen (secondary N) is 1. The predicted octanol–water partition coefficient (Wildman–Crippen LogP) is 4.32. The van der Waals surface area contributed by atoms with Crippen LogP contribution in [0.1, 0.15) is 25.0 Å². The van der Waals surface area contributed by atoms with Crippen molar-refractivity contribution in [2.75, 3.05) is 33.4 Å². The van der Waals surface area contributed by atoms with Crippen molar-refractivity contribution in [3.05, 3.63) is 30.1 Å². The average Bonchev–Trinajstić information content (AvgIpc) is 3.25. The quantitative estimate of drug-likeness (QED) is 0.652. The van der Waals surface area contributed by atoms with Gasteiger partial charge in [0, 0.05) is 40.8 Å². The van der Waals surface area contributed by atoms with Gasteiger partial charge in [-0.15, -0.1) is 12.4 Å². The summed E-state index contributed by atoms with van der Waals surface area (Å²) in [6.45, 7) is 6.32. The molecule has 3 heterocycles. The van der Waals surface area contributed by atoms with Gasteiger partial charge in [-0.3, -0.25) is 4.98 Å². The molecule has 0 amide bonds. The van der Waals surface area contributed by atoms with Gasteiger partial charge in [-0.05, 0) is 51.4 Å². The van der Waals surface area contributed by atoms with Crippen LogP contribution in [0, 0.1) is 6.92 Å². The van der Waals surface area contributed by atoms with Gasteiger partial charge in [0.05, 0.1) is 19.2 Å². The average molecular weight is 376 g/mol. The monoisotopic (exact) mass is 375 g/mol. The van der Waals surface area contributed by atoms with Crippen LogP contribution in [0.15, 0.2) is 24.4 Å². The molecule has 1 aromatic carbocycles. The first-order valence-corrected chi connectivity index (χ1v) is 9.06. The topological polar surface area (TPSA) is 50.4 Å². The zero-order valence-corrected chi connectivity index (χ0v) is 16.2. The number of hydrogen-bond donors (Lipinski definition) is 1. The Morgan fingerprint density at radius 1 is 1.15 bits per heavy atom. The molecule has 0 spiro atoms. The zero-order valence-electron chi connectivity index (χ0n) is 15.4. The van der Waals surface area contributed by atoms with Crippen LogP contribution in [-0.2, 0) is 0 Å². The third-order valence-corrected chi connectivity index (χ3v) is 5.06. The lowest BCUT2D eigenvalue weighted by atomic mass is 10.1. The largest absolute Gasteiger partial charge is 0.493 e. The van der Waals surface area contributed by atoms with Crippen molar-refractivity contribution in [3.8, 4) is 11.5 Å². The van der Waals surface area contributed by atoms with Crippen LogP contribution in [0.3, 0.4) is 0 Å². The number of ether oxygens (including phenoxy) is 2. The molecular weight excluding hydrogens is 350 g/mol. The fourth-order valence-corrected chi connectivity index (χ4v) is 3.77. The van der Waals surface area contributed by atoms with Gasteiger partial charge in [0.15, 0.2) is 11.5 Å². The molecule has 26 heavy (non-hydrogen) atoms. The smallest absolute Gasteiger partial charge is 0.163 e. The lowest BCUT2D eigenvalue weighted by molar-refractivity contribution is 0.254. The van der Waals surface area contributed by atoms with Gasteiger partial charge in [0.2, 0.25) is 0 Å². The molecule has 3 aromatic rings. The molecule has 0 bridgehead atoms. The van der Waals surface area contributed by atoms with Crippen LogP contribution >= 0.6 is 12.4 Å². The molecule has 2 aromatic heterocycles. The van der Waals surface area contributed by atoms with E-state index >= 15 is 0 Å². The number of likely N-dealkylation sites (tertiary alicyclic amines) is 1. The number of rotatable bonds is 6. The summed E-state index contributed by atoms with van der Waals surface area (Å²) in [4.78, 5) is 10.4. The highest BCUT2D eigenvalue weighted by atomic mass is 35.5. The maximum absolute atomic E-state index is 6.03. The highest BCUT2D eigenvalue weighted by Crippen LogP contribution is 2.36. The second kappa shape index (κ2) is 8.14. The summed E-state index contributed by atoms with van der Waals surface area (Å²) >= 11 is 0. The van der Waals surface area contributed by atoms with E-state index in [1.807, 2.05) is 25.3 Å². The van der Waals surface area contributed by atoms with Gasteiger partial charge in [-0.2, -0.15) is 0 Å². The van der Waals surface area contributed by atoms with Crippen molar-refractivity contribution < 1.29 is 9.47 Å². The summed E-state index contributed by atoms with van der Waals surface area (Å²) in [6.07, 6.45) is 5.54. The van der Waals surface area contributed by atoms with E-state index in [9.17, 15) is 0 Å². The van der Waals surface area contributed by atoms with Crippen molar-refractivity contribution in [3.63, 3.8) is 0 Å². The standard InChI is InChI=1S/C20H25N3O2.ClH/c1-14-20-15-12-18(24-2)19(13-17(15)22-16(20)6-7-21-14)25-11-5-10-23-8-3-4-9-23;/h6-7,12-13,22H,3-5,8-11H2,1-2H3;1H. The summed E-state index contributed by atoms with van der Waals surface area (Å²) in [6, 6.07) is 6.10. The minimum Gasteiger partial charge on any atom is -0.493 e. The minimum absolute atomic E-state index is 0. The first-order valence-electron chi connectivity index (χ1n) is 9.06. The van der Waals surface area contributed by atoms with E-state index < -0.39 is 0 Å². The molecule has 6 heteroatoms. The number of fused-ring (bicyclic) bond motifs is 3. The SMILES string of the molecule is COc1cc2c(cc1OCCCN1CCCC1)[nH]c1ccnc(C)c12.Cl. The molecule has 0 aliphatic carbocycles. The maximum atomic E-state index is 6.03. The fraction of sp³-hybridized carbons (Fsp3) is 0.450. The fourth-order valence-electron chi connectivity index (χ4n) is 3.77. The maximum Gasteiger partial charge on any atom is 0.163 e. The van der Waals surface area contributed by atoms with Crippen LogP contribution < -0.4 is 9.47 Å². The zero-order chi connectivity index (χ0) is 17.2. The number of aryl methyl sites for hydroxylation is 1. The number of H-pyrrole nitrogens is 1. The molecule has 0 radical (unpaired) electrons. The van der Waals surface area contributed by atoms with Gasteiger partial charge in [0.25, 0.3) is 0 Å². The summed E-state index contributed by atoms with van der Waals surface area (Å²) in [5, 5.41) is 2.28. The molecule has 4 rings (SSSR count). The van der Waals surface area contributed by atoms with Crippen molar-refractivity contribution in [1.82, 2.24) is 14.9 Å². The number of aromatic amines is 1. The van der Waals surface area contributed by atoms with E-state index in [0.29, 0.717) is 6.61 Å². The Kier molecular flexibility index (Phi) is 5.89. The van der Waals surface area contributed by atoms with Crippen LogP contribution in [0.2, 0.25) is 0 Å². The van der Waals surface area contributed by atoms with Gasteiger partial charge >= 0.3 is 0 Å². The highest BCUT2D eigenvalue weighted by molar-refractivity contribution is 6.09. The molecule has 1 aliphatic heterocycles. The normalized spacial score (nSPS) is 14.7. The number of halogens is 1. The Morgan fingerprint density at radius 2 is 1.96 bits per heavy atom. The Bertz CT molecular complexity index is 888. The Morgan fingerprint density at radius 3 is 2.73 bits per heavy atom. The molecule has 1 aliphatic rings. The van der Waals surface area contributed by atoms with Crippen LogP contribution in [0.25, 0.3) is 21.8 Å². The molecule has 5 nitrogen and oxygen atoms in total. The van der Waals surface area contributed by atoms with E-state index in [0.717, 1.165) is 52.0 Å². The summed E-state index contributed by atoms with van der Waals surface area (Å²) in [5.41, 5.74) is 3.17. The molecule has 1 fully saturated rings. The number of hydrogen-bond acceptors (Lipinski definition) is 4. The van der Waals surface area contributed by atoms with Crippen molar-refractivity contribution in [1.29, 1.82) is 0 Å². The third-order valence-electron chi connectivity index (χ3n) is 5.06. The second-order valence-corrected chi connectivity index (χ2v) is 6.74. The first-order chi connectivity index (χ1) is 12.3. The van der Waals surface area contributed by atoms with Crippen molar-refractivity contribution >= 4 is 34.2 Å². The summed E-state index contributed by atoms with van der Waals surface area (Å²) < 4.78 is 11.6. The van der Waals surface area contributed by atoms with Crippen molar-refractivity contribution in [2.24, 2.45) is 0 Å². The predicted molar refractivity (Wildman–Crippen MR) is 108 cm³/mol. The van der Waals surface area contributed by atoms with Gasteiger partial charge in [-0.25, -0.2) is 0 Å². The Balaban J connectivity index is 0.00000196. The van der Waals surface area contributed by atoms with Crippen LogP contribution in [0.5, 0.6) is 11.5 Å². The second-order valence-electron chi connectivity index (χ2n) is 6.74. The van der Waals surface area contributed by atoms with E-state index in [-0.39, 0.29) is 12.4 Å². The number of benzene rings is 1. The van der Waals surface area contributed by atoms with Gasteiger partial charge in [0.1, 0.15) is 0 Å². The van der Waals surface area contributed by atoms with E-state index in [1.165, 1.54) is 25.9 Å². The lowest BCUT2D eigenvalue weighted by Crippen LogP contribution is -2.21. The van der Waals surface area contributed by atoms with Crippen molar-refractivity contribution in [2.45, 2.75) is 26.2 Å². The third kappa shape index (κ3) is 3.60. The number of pyridine rings is 1. The minimum atomic E-state index is 0. The molecule has 0 unspecified atom stereocenters. The highest BCUT2D eigenvalue weighted by Gasteiger charge is 2.14. The van der Waals surface area contributed by atoms with Gasteiger partial charge < -0.3 is 19.4 Å².